The monoisotopic (exact) mass is 322 g/mol. The van der Waals surface area contributed by atoms with Crippen molar-refractivity contribution < 1.29 is 4.79 Å². The van der Waals surface area contributed by atoms with Gasteiger partial charge in [-0.25, -0.2) is 4.79 Å². The fourth-order valence-corrected chi connectivity index (χ4v) is 2.99. The van der Waals surface area contributed by atoms with Gasteiger partial charge in [0.2, 0.25) is 0 Å². The van der Waals surface area contributed by atoms with Gasteiger partial charge in [0.1, 0.15) is 0 Å². The number of nitrogens with one attached hydrogen (secondary N) is 2. The summed E-state index contributed by atoms with van der Waals surface area (Å²) in [4.78, 5) is 12.2. The van der Waals surface area contributed by atoms with Crippen LogP contribution in [0.2, 0.25) is 0 Å². The van der Waals surface area contributed by atoms with Crippen LogP contribution in [0.15, 0.2) is 54.6 Å². The molecule has 3 heteroatoms. The smallest absolute Gasteiger partial charge is 0.319 e. The molecule has 1 saturated carbocycles. The molecule has 0 bridgehead atoms. The van der Waals surface area contributed by atoms with Crippen molar-refractivity contribution in [2.75, 3.05) is 11.9 Å². The summed E-state index contributed by atoms with van der Waals surface area (Å²) in [5, 5.41) is 5.95. The lowest BCUT2D eigenvalue weighted by Gasteiger charge is -2.19. The van der Waals surface area contributed by atoms with Crippen LogP contribution in [0.3, 0.4) is 0 Å². The maximum atomic E-state index is 12.2. The van der Waals surface area contributed by atoms with Gasteiger partial charge in [-0.05, 0) is 41.5 Å². The molecule has 0 aliphatic heterocycles. The Morgan fingerprint density at radius 3 is 2.17 bits per heavy atom. The molecule has 0 saturated heterocycles. The van der Waals surface area contributed by atoms with Crippen molar-refractivity contribution >= 4 is 11.7 Å². The highest BCUT2D eigenvalue weighted by molar-refractivity contribution is 5.89. The number of benzene rings is 2. The maximum absolute atomic E-state index is 12.2. The first-order valence-corrected chi connectivity index (χ1v) is 8.60. The molecule has 0 aromatic heterocycles. The predicted octanol–water partition coefficient (Wildman–Crippen LogP) is 4.84. The second kappa shape index (κ2) is 6.31. The molecule has 0 unspecified atom stereocenters. The van der Waals surface area contributed by atoms with Crippen molar-refractivity contribution in [3.63, 3.8) is 0 Å². The molecular weight excluding hydrogens is 296 g/mol. The number of carbonyl (C=O) groups excluding carboxylic acids is 1. The summed E-state index contributed by atoms with van der Waals surface area (Å²) in [6.45, 7) is 7.23. The Morgan fingerprint density at radius 2 is 1.62 bits per heavy atom. The van der Waals surface area contributed by atoms with Crippen LogP contribution in [0, 0.1) is 0 Å². The van der Waals surface area contributed by atoms with Crippen molar-refractivity contribution in [3.8, 4) is 0 Å². The maximum Gasteiger partial charge on any atom is 0.319 e. The molecule has 2 aromatic rings. The molecule has 1 fully saturated rings. The Labute approximate surface area is 144 Å². The second-order valence-corrected chi connectivity index (χ2v) is 7.78. The summed E-state index contributed by atoms with van der Waals surface area (Å²) in [6.07, 6.45) is 2.27. The van der Waals surface area contributed by atoms with E-state index in [1.165, 1.54) is 11.1 Å². The van der Waals surface area contributed by atoms with Gasteiger partial charge < -0.3 is 10.6 Å². The minimum atomic E-state index is -0.138. The third kappa shape index (κ3) is 3.78. The normalized spacial score (nSPS) is 15.6. The molecule has 1 aliphatic carbocycles. The summed E-state index contributed by atoms with van der Waals surface area (Å²) in [7, 11) is 0. The highest BCUT2D eigenvalue weighted by Gasteiger charge is 2.44. The Morgan fingerprint density at radius 1 is 1.00 bits per heavy atom. The number of anilines is 1. The first-order chi connectivity index (χ1) is 11.4. The molecule has 0 spiro atoms. The minimum Gasteiger partial charge on any atom is -0.337 e. The SMILES string of the molecule is CC(C)(C)c1ccc(NC(=O)NCC2(c3ccccc3)CC2)cc1. The lowest BCUT2D eigenvalue weighted by Crippen LogP contribution is -2.35. The molecular formula is C21H26N2O. The van der Waals surface area contributed by atoms with E-state index in [0.29, 0.717) is 6.54 Å². The molecule has 126 valence electrons. The van der Waals surface area contributed by atoms with Crippen molar-refractivity contribution in [1.29, 1.82) is 0 Å². The van der Waals surface area contributed by atoms with E-state index in [2.05, 4.69) is 67.8 Å². The van der Waals surface area contributed by atoms with Crippen LogP contribution >= 0.6 is 0 Å². The topological polar surface area (TPSA) is 41.1 Å². The van der Waals surface area contributed by atoms with Gasteiger partial charge >= 0.3 is 6.03 Å². The van der Waals surface area contributed by atoms with Crippen LogP contribution in [0.5, 0.6) is 0 Å². The summed E-state index contributed by atoms with van der Waals surface area (Å²) < 4.78 is 0. The first-order valence-electron chi connectivity index (χ1n) is 8.60. The second-order valence-electron chi connectivity index (χ2n) is 7.78. The van der Waals surface area contributed by atoms with Gasteiger partial charge in [-0.2, -0.15) is 0 Å². The molecule has 0 radical (unpaired) electrons. The van der Waals surface area contributed by atoms with Crippen LogP contribution in [0.25, 0.3) is 0 Å². The van der Waals surface area contributed by atoms with E-state index in [9.17, 15) is 4.79 Å². The molecule has 2 N–H and O–H groups in total. The zero-order valence-electron chi connectivity index (χ0n) is 14.7. The van der Waals surface area contributed by atoms with Gasteiger partial charge in [0.25, 0.3) is 0 Å². The van der Waals surface area contributed by atoms with E-state index in [1.54, 1.807) is 0 Å². The number of urea groups is 1. The number of hydrogen-bond acceptors (Lipinski definition) is 1. The average molecular weight is 322 g/mol. The van der Waals surface area contributed by atoms with Crippen molar-refractivity contribution in [1.82, 2.24) is 5.32 Å². The Kier molecular flexibility index (Phi) is 4.35. The Balaban J connectivity index is 1.55. The summed E-state index contributed by atoms with van der Waals surface area (Å²) in [6, 6.07) is 18.4. The molecule has 3 rings (SSSR count). The zero-order valence-corrected chi connectivity index (χ0v) is 14.7. The molecule has 0 heterocycles. The molecule has 0 atom stereocenters. The van der Waals surface area contributed by atoms with Gasteiger partial charge in [-0.1, -0.05) is 63.2 Å². The van der Waals surface area contributed by atoms with Crippen LogP contribution in [0.1, 0.15) is 44.7 Å². The fourth-order valence-electron chi connectivity index (χ4n) is 2.99. The third-order valence-corrected chi connectivity index (χ3v) is 4.84. The number of amides is 2. The molecule has 3 nitrogen and oxygen atoms in total. The Bertz CT molecular complexity index is 695. The quantitative estimate of drug-likeness (QED) is 0.831. The van der Waals surface area contributed by atoms with E-state index in [-0.39, 0.29) is 16.9 Å². The van der Waals surface area contributed by atoms with E-state index < -0.39 is 0 Å². The lowest BCUT2D eigenvalue weighted by atomic mass is 9.87. The van der Waals surface area contributed by atoms with Gasteiger partial charge in [-0.3, -0.25) is 0 Å². The predicted molar refractivity (Wildman–Crippen MR) is 99.5 cm³/mol. The Hall–Kier alpha value is -2.29. The molecule has 2 aromatic carbocycles. The average Bonchev–Trinajstić information content (AvgIpc) is 3.35. The lowest BCUT2D eigenvalue weighted by molar-refractivity contribution is 0.251. The minimum absolute atomic E-state index is 0.120. The van der Waals surface area contributed by atoms with Gasteiger partial charge in [0.05, 0.1) is 0 Å². The summed E-state index contributed by atoms with van der Waals surface area (Å²) >= 11 is 0. The van der Waals surface area contributed by atoms with Crippen LogP contribution in [-0.4, -0.2) is 12.6 Å². The van der Waals surface area contributed by atoms with E-state index >= 15 is 0 Å². The number of carbonyl (C=O) groups is 1. The van der Waals surface area contributed by atoms with E-state index in [1.807, 2.05) is 18.2 Å². The van der Waals surface area contributed by atoms with Crippen molar-refractivity contribution in [3.05, 3.63) is 65.7 Å². The number of rotatable bonds is 4. The molecule has 2 amide bonds. The van der Waals surface area contributed by atoms with Crippen molar-refractivity contribution in [2.24, 2.45) is 0 Å². The highest BCUT2D eigenvalue weighted by Crippen LogP contribution is 2.47. The van der Waals surface area contributed by atoms with E-state index in [0.717, 1.165) is 18.5 Å². The zero-order chi connectivity index (χ0) is 17.2. The van der Waals surface area contributed by atoms with Crippen molar-refractivity contribution in [2.45, 2.75) is 44.4 Å². The van der Waals surface area contributed by atoms with Crippen LogP contribution < -0.4 is 10.6 Å². The first kappa shape index (κ1) is 16.6. The van der Waals surface area contributed by atoms with Gasteiger partial charge in [-0.15, -0.1) is 0 Å². The molecule has 24 heavy (non-hydrogen) atoms. The van der Waals surface area contributed by atoms with E-state index in [4.69, 9.17) is 0 Å². The standard InChI is InChI=1S/C21H26N2O/c1-20(2,3)16-9-11-18(12-10-16)23-19(24)22-15-21(13-14-21)17-7-5-4-6-8-17/h4-12H,13-15H2,1-3H3,(H2,22,23,24). The van der Waals surface area contributed by atoms with Crippen LogP contribution in [-0.2, 0) is 10.8 Å². The summed E-state index contributed by atoms with van der Waals surface area (Å²) in [5.74, 6) is 0. The molecule has 1 aliphatic rings. The van der Waals surface area contributed by atoms with Gasteiger partial charge in [0.15, 0.2) is 0 Å². The largest absolute Gasteiger partial charge is 0.337 e. The number of hydrogen-bond donors (Lipinski definition) is 2. The fraction of sp³-hybridized carbons (Fsp3) is 0.381. The van der Waals surface area contributed by atoms with Crippen LogP contribution in [0.4, 0.5) is 10.5 Å². The summed E-state index contributed by atoms with van der Waals surface area (Å²) in [5.41, 5.74) is 3.66. The third-order valence-electron chi connectivity index (χ3n) is 4.84. The van der Waals surface area contributed by atoms with Gasteiger partial charge in [0, 0.05) is 17.6 Å². The highest BCUT2D eigenvalue weighted by atomic mass is 16.2.